The number of hydrogen-bond acceptors (Lipinski definition) is 8. The van der Waals surface area contributed by atoms with Crippen molar-refractivity contribution >= 4 is 34.2 Å². The van der Waals surface area contributed by atoms with Gasteiger partial charge in [-0.2, -0.15) is 0 Å². The van der Waals surface area contributed by atoms with Crippen LogP contribution in [-0.2, 0) is 22.6 Å². The van der Waals surface area contributed by atoms with Crippen LogP contribution < -0.4 is 0 Å². The average molecular weight is 394 g/mol. The van der Waals surface area contributed by atoms with E-state index in [0.717, 1.165) is 67.5 Å². The fourth-order valence-electron chi connectivity index (χ4n) is 3.18. The maximum Gasteiger partial charge on any atom is 0.228 e. The predicted molar refractivity (Wildman–Crippen MR) is 104 cm³/mol. The minimum absolute atomic E-state index is 0.118. The molecule has 1 saturated heterocycles. The molecule has 1 aromatic rings. The van der Waals surface area contributed by atoms with Gasteiger partial charge in [-0.1, -0.05) is 11.8 Å². The number of thiazole rings is 1. The normalized spacial score (nSPS) is 20.1. The van der Waals surface area contributed by atoms with Crippen molar-refractivity contribution in [2.24, 2.45) is 4.99 Å². The molecule has 3 aliphatic heterocycles. The highest BCUT2D eigenvalue weighted by atomic mass is 32.2. The molecule has 4 rings (SSSR count). The molecule has 7 nitrogen and oxygen atoms in total. The van der Waals surface area contributed by atoms with Gasteiger partial charge in [0.15, 0.2) is 5.17 Å². The molecule has 3 aliphatic rings. The van der Waals surface area contributed by atoms with E-state index >= 15 is 0 Å². The summed E-state index contributed by atoms with van der Waals surface area (Å²) in [5.74, 6) is 0.118. The van der Waals surface area contributed by atoms with E-state index in [1.807, 2.05) is 12.5 Å². The summed E-state index contributed by atoms with van der Waals surface area (Å²) >= 11 is 3.29. The van der Waals surface area contributed by atoms with Crippen molar-refractivity contribution in [2.75, 3.05) is 46.4 Å². The summed E-state index contributed by atoms with van der Waals surface area (Å²) in [6, 6.07) is 0. The van der Waals surface area contributed by atoms with E-state index in [-0.39, 0.29) is 5.91 Å². The summed E-state index contributed by atoms with van der Waals surface area (Å²) in [5, 5.41) is 6.25. The number of carbonyl (C=O) groups excluding carboxylic acids is 1. The number of amides is 1. The number of rotatable bonds is 6. The third-order valence-corrected chi connectivity index (χ3v) is 6.50. The van der Waals surface area contributed by atoms with Gasteiger partial charge in [-0.25, -0.2) is 4.98 Å². The van der Waals surface area contributed by atoms with Crippen LogP contribution in [0.5, 0.6) is 0 Å². The van der Waals surface area contributed by atoms with Crippen molar-refractivity contribution in [1.29, 1.82) is 0 Å². The molecule has 1 amide bonds. The van der Waals surface area contributed by atoms with Crippen LogP contribution in [0.3, 0.4) is 0 Å². The van der Waals surface area contributed by atoms with E-state index < -0.39 is 0 Å². The SMILES string of the molecule is CN(Cc1csc(CN2CCOCC2)n1)C(=O)CC1=CSC2=NCCN12. The molecule has 0 saturated carbocycles. The van der Waals surface area contributed by atoms with Crippen molar-refractivity contribution in [1.82, 2.24) is 19.7 Å². The number of amidine groups is 1. The Morgan fingerprint density at radius 2 is 2.19 bits per heavy atom. The zero-order valence-electron chi connectivity index (χ0n) is 14.9. The van der Waals surface area contributed by atoms with E-state index in [1.54, 1.807) is 28.0 Å². The maximum atomic E-state index is 12.6. The number of ether oxygens (including phenoxy) is 1. The van der Waals surface area contributed by atoms with Gasteiger partial charge in [0.25, 0.3) is 0 Å². The third-order valence-electron chi connectivity index (χ3n) is 4.67. The topological polar surface area (TPSA) is 61.3 Å². The Bertz CT molecular complexity index is 726. The molecule has 0 radical (unpaired) electrons. The summed E-state index contributed by atoms with van der Waals surface area (Å²) in [5.41, 5.74) is 2.03. The number of aliphatic imine (C=N–C) groups is 1. The predicted octanol–water partition coefficient (Wildman–Crippen LogP) is 1.58. The first-order valence-corrected chi connectivity index (χ1v) is 10.6. The average Bonchev–Trinajstić information content (AvgIpc) is 3.35. The minimum Gasteiger partial charge on any atom is -0.379 e. The van der Waals surface area contributed by atoms with Crippen molar-refractivity contribution in [3.05, 3.63) is 27.2 Å². The molecule has 0 N–H and O–H groups in total. The Labute approximate surface area is 161 Å². The summed E-state index contributed by atoms with van der Waals surface area (Å²) in [6.07, 6.45) is 0.424. The largest absolute Gasteiger partial charge is 0.379 e. The van der Waals surface area contributed by atoms with Crippen molar-refractivity contribution in [2.45, 2.75) is 19.5 Å². The number of hydrogen-bond donors (Lipinski definition) is 0. The lowest BCUT2D eigenvalue weighted by molar-refractivity contribution is -0.129. The molecule has 0 unspecified atom stereocenters. The first-order valence-electron chi connectivity index (χ1n) is 8.84. The van der Waals surface area contributed by atoms with Gasteiger partial charge in [0.1, 0.15) is 5.01 Å². The van der Waals surface area contributed by atoms with Gasteiger partial charge in [0.2, 0.25) is 5.91 Å². The Balaban J connectivity index is 1.28. The first-order chi connectivity index (χ1) is 12.7. The van der Waals surface area contributed by atoms with Crippen LogP contribution in [0.2, 0.25) is 0 Å². The van der Waals surface area contributed by atoms with Crippen LogP contribution in [0.25, 0.3) is 0 Å². The molecule has 26 heavy (non-hydrogen) atoms. The highest BCUT2D eigenvalue weighted by Gasteiger charge is 2.28. The quantitative estimate of drug-likeness (QED) is 0.731. The van der Waals surface area contributed by atoms with Crippen LogP contribution in [-0.4, -0.2) is 77.2 Å². The van der Waals surface area contributed by atoms with Crippen LogP contribution in [0.4, 0.5) is 0 Å². The summed E-state index contributed by atoms with van der Waals surface area (Å²) < 4.78 is 5.38. The number of fused-ring (bicyclic) bond motifs is 1. The molecule has 4 heterocycles. The number of morpholine rings is 1. The van der Waals surface area contributed by atoms with E-state index in [1.165, 1.54) is 0 Å². The molecule has 1 aromatic heterocycles. The molecular weight excluding hydrogens is 370 g/mol. The lowest BCUT2D eigenvalue weighted by Crippen LogP contribution is -2.35. The Morgan fingerprint density at radius 3 is 3.04 bits per heavy atom. The van der Waals surface area contributed by atoms with Gasteiger partial charge < -0.3 is 14.5 Å². The number of aromatic nitrogens is 1. The smallest absolute Gasteiger partial charge is 0.228 e. The highest BCUT2D eigenvalue weighted by molar-refractivity contribution is 8.16. The Kier molecular flexibility index (Phi) is 5.58. The standard InChI is InChI=1S/C17H23N5O2S2/c1-20(16(23)8-14-12-26-17-18-2-3-22(14)17)9-13-11-25-15(19-13)10-21-4-6-24-7-5-21/h11-12H,2-10H2,1H3. The molecular formula is C17H23N5O2S2. The van der Waals surface area contributed by atoms with Gasteiger partial charge in [-0.15, -0.1) is 11.3 Å². The van der Waals surface area contributed by atoms with E-state index in [2.05, 4.69) is 20.2 Å². The van der Waals surface area contributed by atoms with Crippen molar-refractivity contribution in [3.8, 4) is 0 Å². The van der Waals surface area contributed by atoms with E-state index in [9.17, 15) is 4.79 Å². The Morgan fingerprint density at radius 1 is 1.35 bits per heavy atom. The lowest BCUT2D eigenvalue weighted by atomic mass is 10.2. The van der Waals surface area contributed by atoms with E-state index in [4.69, 9.17) is 9.72 Å². The maximum absolute atomic E-state index is 12.6. The molecule has 140 valence electrons. The van der Waals surface area contributed by atoms with Crippen LogP contribution >= 0.6 is 23.1 Å². The molecule has 1 fully saturated rings. The first kappa shape index (κ1) is 18.0. The second kappa shape index (κ2) is 8.08. The van der Waals surface area contributed by atoms with Gasteiger partial charge in [0.05, 0.1) is 45.0 Å². The van der Waals surface area contributed by atoms with Gasteiger partial charge in [0, 0.05) is 37.8 Å². The molecule has 0 bridgehead atoms. The van der Waals surface area contributed by atoms with Crippen LogP contribution in [0.1, 0.15) is 17.1 Å². The van der Waals surface area contributed by atoms with Crippen molar-refractivity contribution < 1.29 is 9.53 Å². The molecule has 9 heteroatoms. The summed E-state index contributed by atoms with van der Waals surface area (Å²) in [7, 11) is 1.85. The zero-order valence-corrected chi connectivity index (χ0v) is 16.5. The fourth-order valence-corrected chi connectivity index (χ4v) is 4.96. The van der Waals surface area contributed by atoms with Crippen molar-refractivity contribution in [3.63, 3.8) is 0 Å². The van der Waals surface area contributed by atoms with Crippen LogP contribution in [0, 0.1) is 0 Å². The second-order valence-electron chi connectivity index (χ2n) is 6.59. The monoisotopic (exact) mass is 393 g/mol. The van der Waals surface area contributed by atoms with Gasteiger partial charge >= 0.3 is 0 Å². The number of thioether (sulfide) groups is 1. The van der Waals surface area contributed by atoms with Crippen LogP contribution in [0.15, 0.2) is 21.5 Å². The van der Waals surface area contributed by atoms with Gasteiger partial charge in [-0.05, 0) is 5.41 Å². The minimum atomic E-state index is 0.118. The lowest BCUT2D eigenvalue weighted by Gasteiger charge is -2.25. The summed E-state index contributed by atoms with van der Waals surface area (Å²) in [4.78, 5) is 28.0. The second-order valence-corrected chi connectivity index (χ2v) is 8.37. The zero-order chi connectivity index (χ0) is 17.9. The molecule has 0 spiro atoms. The highest BCUT2D eigenvalue weighted by Crippen LogP contribution is 2.31. The number of carbonyl (C=O) groups is 1. The summed E-state index contributed by atoms with van der Waals surface area (Å²) in [6.45, 7) is 6.66. The molecule has 0 atom stereocenters. The van der Waals surface area contributed by atoms with E-state index in [0.29, 0.717) is 13.0 Å². The Hall–Kier alpha value is -1.42. The fraction of sp³-hybridized carbons (Fsp3) is 0.588. The number of nitrogens with zero attached hydrogens (tertiary/aromatic N) is 5. The van der Waals surface area contributed by atoms with Gasteiger partial charge in [-0.3, -0.25) is 14.7 Å². The third kappa shape index (κ3) is 4.11. The molecule has 0 aromatic carbocycles. The molecule has 0 aliphatic carbocycles.